The molecule has 0 radical (unpaired) electrons. The first kappa shape index (κ1) is 13.1. The maximum absolute atomic E-state index is 10.5. The Hall–Kier alpha value is -1.89. The Kier molecular flexibility index (Phi) is 5.72. The highest BCUT2D eigenvalue weighted by Gasteiger charge is 2.13. The van der Waals surface area contributed by atoms with Gasteiger partial charge in [-0.15, -0.1) is 0 Å². The van der Waals surface area contributed by atoms with Gasteiger partial charge in [-0.2, -0.15) is 0 Å². The van der Waals surface area contributed by atoms with Gasteiger partial charge in [0.1, 0.15) is 11.6 Å². The molecule has 82 valence electrons. The quantitative estimate of drug-likeness (QED) is 0.735. The predicted octanol–water partition coefficient (Wildman–Crippen LogP) is -0.123. The van der Waals surface area contributed by atoms with E-state index in [1.54, 1.807) is 0 Å². The van der Waals surface area contributed by atoms with Crippen LogP contribution in [0.25, 0.3) is 0 Å². The summed E-state index contributed by atoms with van der Waals surface area (Å²) in [5, 5.41) is 17.1. The van der Waals surface area contributed by atoms with Crippen LogP contribution in [0.2, 0.25) is 0 Å². The van der Waals surface area contributed by atoms with Gasteiger partial charge in [0, 0.05) is 0 Å². The molecule has 0 aromatic heterocycles. The third-order valence-corrected chi connectivity index (χ3v) is 1.39. The van der Waals surface area contributed by atoms with Gasteiger partial charge in [-0.05, 0) is 12.1 Å². The van der Waals surface area contributed by atoms with E-state index in [-0.39, 0.29) is 11.1 Å². The van der Waals surface area contributed by atoms with Crippen LogP contribution in [0.4, 0.5) is 0 Å². The normalized spacial score (nSPS) is 8.53. The van der Waals surface area contributed by atoms with Crippen molar-refractivity contribution in [3.63, 3.8) is 0 Å². The first-order chi connectivity index (χ1) is 7.04. The molecule has 0 heterocycles. The fourth-order valence-corrected chi connectivity index (χ4v) is 0.856. The molecule has 0 aliphatic carbocycles. The molecule has 7 heteroatoms. The number of hydrogen-bond donors (Lipinski definition) is 2. The SMILES string of the molecule is O=C(O)c1ccccc1C(=O)O.O=[SH2]=O. The van der Waals surface area contributed by atoms with Crippen molar-refractivity contribution < 1.29 is 28.2 Å². The zero-order chi connectivity index (χ0) is 11.8. The number of aromatic carboxylic acids is 2. The zero-order valence-corrected chi connectivity index (χ0v) is 8.34. The lowest BCUT2D eigenvalue weighted by atomic mass is 10.1. The highest BCUT2D eigenvalue weighted by atomic mass is 32.1. The molecule has 1 aromatic carbocycles. The van der Waals surface area contributed by atoms with Crippen molar-refractivity contribution >= 4 is 23.5 Å². The van der Waals surface area contributed by atoms with Crippen LogP contribution in [0.5, 0.6) is 0 Å². The Morgan fingerprint density at radius 3 is 1.40 bits per heavy atom. The molecule has 0 amide bonds. The molecular weight excluding hydrogens is 224 g/mol. The summed E-state index contributed by atoms with van der Waals surface area (Å²) in [7, 11) is 0. The first-order valence-electron chi connectivity index (χ1n) is 3.59. The van der Waals surface area contributed by atoms with E-state index in [2.05, 4.69) is 0 Å². The van der Waals surface area contributed by atoms with E-state index in [1.807, 2.05) is 0 Å². The minimum atomic E-state index is -1.42. The van der Waals surface area contributed by atoms with Crippen molar-refractivity contribution in [2.45, 2.75) is 0 Å². The lowest BCUT2D eigenvalue weighted by Crippen LogP contribution is -2.06. The van der Waals surface area contributed by atoms with Crippen LogP contribution in [0, 0.1) is 0 Å². The van der Waals surface area contributed by atoms with E-state index in [4.69, 9.17) is 18.6 Å². The number of hydrogen-bond acceptors (Lipinski definition) is 4. The molecule has 15 heavy (non-hydrogen) atoms. The van der Waals surface area contributed by atoms with Crippen molar-refractivity contribution in [3.8, 4) is 0 Å². The third kappa shape index (κ3) is 4.23. The Balaban J connectivity index is 0.000000583. The van der Waals surface area contributed by atoms with Crippen LogP contribution < -0.4 is 0 Å². The fourth-order valence-electron chi connectivity index (χ4n) is 0.856. The average Bonchev–Trinajstić information content (AvgIpc) is 2.19. The van der Waals surface area contributed by atoms with E-state index in [0.29, 0.717) is 0 Å². The predicted molar refractivity (Wildman–Crippen MR) is 52.1 cm³/mol. The van der Waals surface area contributed by atoms with Crippen molar-refractivity contribution in [1.82, 2.24) is 0 Å². The standard InChI is InChI=1S/C8H6O4.H2O2S/c9-7(10)5-3-1-2-4-6(5)8(11)12;1-3-2/h1-4H,(H,9,10)(H,11,12);3H2. The molecule has 0 aliphatic rings. The minimum Gasteiger partial charge on any atom is -0.478 e. The molecule has 1 aromatic rings. The molecule has 2 N–H and O–H groups in total. The van der Waals surface area contributed by atoms with E-state index in [1.165, 1.54) is 24.3 Å². The van der Waals surface area contributed by atoms with Gasteiger partial charge in [-0.1, -0.05) is 12.1 Å². The highest BCUT2D eigenvalue weighted by molar-refractivity contribution is 7.51. The lowest BCUT2D eigenvalue weighted by molar-refractivity contribution is 0.0651. The maximum atomic E-state index is 10.5. The largest absolute Gasteiger partial charge is 0.478 e. The van der Waals surface area contributed by atoms with Crippen LogP contribution in [0.3, 0.4) is 0 Å². The van der Waals surface area contributed by atoms with E-state index in [9.17, 15) is 9.59 Å². The second kappa shape index (κ2) is 6.55. The fraction of sp³-hybridized carbons (Fsp3) is 0. The molecule has 0 spiro atoms. The smallest absolute Gasteiger partial charge is 0.336 e. The molecule has 0 unspecified atom stereocenters. The molecule has 0 saturated carbocycles. The molecule has 0 saturated heterocycles. The summed E-state index contributed by atoms with van der Waals surface area (Å²) < 4.78 is 16.8. The summed E-state index contributed by atoms with van der Waals surface area (Å²) in [5.41, 5.74) is -0.380. The molecule has 0 fully saturated rings. The van der Waals surface area contributed by atoms with Crippen molar-refractivity contribution in [3.05, 3.63) is 35.4 Å². The van der Waals surface area contributed by atoms with E-state index < -0.39 is 23.5 Å². The van der Waals surface area contributed by atoms with Gasteiger partial charge in [0.15, 0.2) is 0 Å². The van der Waals surface area contributed by atoms with Crippen LogP contribution >= 0.6 is 0 Å². The van der Waals surface area contributed by atoms with Gasteiger partial charge in [-0.3, -0.25) is 0 Å². The molecule has 0 atom stereocenters. The molecule has 0 bridgehead atoms. The molecular formula is C8H8O6S. The summed E-state index contributed by atoms with van der Waals surface area (Å²) >= 11 is -1.42. The second-order valence-corrected chi connectivity index (χ2v) is 2.41. The number of carbonyl (C=O) groups is 2. The van der Waals surface area contributed by atoms with Crippen molar-refractivity contribution in [2.24, 2.45) is 0 Å². The summed E-state index contributed by atoms with van der Waals surface area (Å²) in [4.78, 5) is 20.9. The number of carboxylic acid groups (broad SMARTS) is 2. The van der Waals surface area contributed by atoms with Crippen molar-refractivity contribution in [2.75, 3.05) is 0 Å². The molecule has 6 nitrogen and oxygen atoms in total. The van der Waals surface area contributed by atoms with E-state index in [0.717, 1.165) is 0 Å². The van der Waals surface area contributed by atoms with Crippen LogP contribution in [0.15, 0.2) is 24.3 Å². The van der Waals surface area contributed by atoms with Crippen molar-refractivity contribution in [1.29, 1.82) is 0 Å². The van der Waals surface area contributed by atoms with Gasteiger partial charge in [0.2, 0.25) is 0 Å². The van der Waals surface area contributed by atoms with Gasteiger partial charge >= 0.3 is 11.9 Å². The number of carboxylic acids is 2. The number of rotatable bonds is 2. The number of benzene rings is 1. The highest BCUT2D eigenvalue weighted by Crippen LogP contribution is 2.07. The van der Waals surface area contributed by atoms with Gasteiger partial charge in [0.25, 0.3) is 0 Å². The summed E-state index contributed by atoms with van der Waals surface area (Å²) in [6.45, 7) is 0. The summed E-state index contributed by atoms with van der Waals surface area (Å²) in [6, 6.07) is 5.48. The van der Waals surface area contributed by atoms with Crippen LogP contribution in [-0.4, -0.2) is 30.6 Å². The second-order valence-electron chi connectivity index (χ2n) is 2.24. The Labute approximate surface area is 87.8 Å². The van der Waals surface area contributed by atoms with Gasteiger partial charge < -0.3 is 10.2 Å². The topological polar surface area (TPSA) is 109 Å². The van der Waals surface area contributed by atoms with E-state index >= 15 is 0 Å². The minimum absolute atomic E-state index is 0.190. The van der Waals surface area contributed by atoms with Crippen LogP contribution in [-0.2, 0) is 11.6 Å². The first-order valence-corrected chi connectivity index (χ1v) is 4.41. The zero-order valence-electron chi connectivity index (χ0n) is 7.34. The summed E-state index contributed by atoms with van der Waals surface area (Å²) in [5.74, 6) is -2.46. The van der Waals surface area contributed by atoms with Crippen LogP contribution in [0.1, 0.15) is 20.7 Å². The molecule has 1 rings (SSSR count). The van der Waals surface area contributed by atoms with Gasteiger partial charge in [0.05, 0.1) is 11.1 Å². The third-order valence-electron chi connectivity index (χ3n) is 1.39. The molecule has 0 aliphatic heterocycles. The van der Waals surface area contributed by atoms with Gasteiger partial charge in [-0.25, -0.2) is 18.0 Å². The average molecular weight is 232 g/mol. The Morgan fingerprint density at radius 1 is 0.933 bits per heavy atom. The summed E-state index contributed by atoms with van der Waals surface area (Å²) in [6.07, 6.45) is 0. The lowest BCUT2D eigenvalue weighted by Gasteiger charge is -1.98. The Bertz CT molecular complexity index is 374. The maximum Gasteiger partial charge on any atom is 0.336 e. The monoisotopic (exact) mass is 232 g/mol. The Morgan fingerprint density at radius 2 is 1.20 bits per heavy atom.